The molecule has 0 aliphatic carbocycles. The van der Waals surface area contributed by atoms with Crippen LogP contribution in [-0.2, 0) is 13.2 Å². The highest BCUT2D eigenvalue weighted by Crippen LogP contribution is 2.29. The molecule has 3 rings (SSSR count). The molecule has 0 amide bonds. The molecule has 0 unspecified atom stereocenters. The Morgan fingerprint density at radius 1 is 1.29 bits per heavy atom. The van der Waals surface area contributed by atoms with Crippen LogP contribution in [0.2, 0.25) is 0 Å². The van der Waals surface area contributed by atoms with Gasteiger partial charge in [0.25, 0.3) is 5.56 Å². The lowest BCUT2D eigenvalue weighted by Crippen LogP contribution is -2.23. The summed E-state index contributed by atoms with van der Waals surface area (Å²) in [6.07, 6.45) is 0. The monoisotopic (exact) mass is 283 g/mol. The Morgan fingerprint density at radius 2 is 2.00 bits per heavy atom. The predicted octanol–water partition coefficient (Wildman–Crippen LogP) is 2.21. The largest absolute Gasteiger partial charge is 0.390 e. The van der Waals surface area contributed by atoms with Crippen LogP contribution in [0.3, 0.4) is 0 Å². The molecule has 0 fully saturated rings. The Balaban J connectivity index is 2.46. The number of H-pyrrole nitrogens is 1. The van der Waals surface area contributed by atoms with E-state index >= 15 is 0 Å². The number of nitrogens with zero attached hydrogens (tertiary/aromatic N) is 2. The first kappa shape index (κ1) is 13.6. The van der Waals surface area contributed by atoms with Crippen LogP contribution < -0.4 is 5.56 Å². The van der Waals surface area contributed by atoms with Crippen LogP contribution in [0.4, 0.5) is 0 Å². The number of hydrogen-bond acceptors (Lipinski definition) is 3. The van der Waals surface area contributed by atoms with Crippen LogP contribution >= 0.6 is 0 Å². The van der Waals surface area contributed by atoms with Crippen molar-refractivity contribution in [3.05, 3.63) is 51.9 Å². The van der Waals surface area contributed by atoms with E-state index in [1.54, 1.807) is 0 Å². The number of hydrogen-bond donors (Lipinski definition) is 2. The van der Waals surface area contributed by atoms with Gasteiger partial charge in [-0.15, -0.1) is 0 Å². The number of aromatic amines is 1. The molecular formula is C16H17N3O2. The molecule has 0 radical (unpaired) electrons. The second-order valence-corrected chi connectivity index (χ2v) is 4.97. The molecule has 108 valence electrons. The molecule has 0 bridgehead atoms. The molecule has 21 heavy (non-hydrogen) atoms. The Hall–Kier alpha value is -2.40. The van der Waals surface area contributed by atoms with Gasteiger partial charge in [-0.3, -0.25) is 4.79 Å². The van der Waals surface area contributed by atoms with Gasteiger partial charge in [0.2, 0.25) is 0 Å². The minimum absolute atomic E-state index is 0.125. The van der Waals surface area contributed by atoms with E-state index in [0.717, 1.165) is 22.2 Å². The van der Waals surface area contributed by atoms with Crippen molar-refractivity contribution in [1.29, 1.82) is 0 Å². The quantitative estimate of drug-likeness (QED) is 0.774. The number of aryl methyl sites for hydroxylation is 2. The first-order valence-corrected chi connectivity index (χ1v) is 6.96. The summed E-state index contributed by atoms with van der Waals surface area (Å²) in [5.74, 6) is 0. The summed E-state index contributed by atoms with van der Waals surface area (Å²) in [6, 6.07) is 9.77. The van der Waals surface area contributed by atoms with Gasteiger partial charge < -0.3 is 10.1 Å². The van der Waals surface area contributed by atoms with Gasteiger partial charge >= 0.3 is 0 Å². The number of aromatic nitrogens is 3. The Morgan fingerprint density at radius 3 is 2.62 bits per heavy atom. The van der Waals surface area contributed by atoms with Crippen LogP contribution in [0.15, 0.2) is 35.1 Å². The fourth-order valence-corrected chi connectivity index (χ4v) is 2.62. The van der Waals surface area contributed by atoms with Crippen LogP contribution in [0.25, 0.3) is 22.2 Å². The van der Waals surface area contributed by atoms with E-state index in [4.69, 9.17) is 0 Å². The predicted molar refractivity (Wildman–Crippen MR) is 82.1 cm³/mol. The van der Waals surface area contributed by atoms with Gasteiger partial charge in [0, 0.05) is 23.2 Å². The van der Waals surface area contributed by atoms with E-state index < -0.39 is 0 Å². The number of aliphatic hydroxyl groups is 1. The lowest BCUT2D eigenvalue weighted by atomic mass is 10.1. The Kier molecular flexibility index (Phi) is 3.35. The van der Waals surface area contributed by atoms with Crippen molar-refractivity contribution in [3.63, 3.8) is 0 Å². The van der Waals surface area contributed by atoms with Gasteiger partial charge in [-0.25, -0.2) is 4.68 Å². The maximum atomic E-state index is 12.4. The first-order valence-electron chi connectivity index (χ1n) is 6.96. The maximum absolute atomic E-state index is 12.4. The van der Waals surface area contributed by atoms with Gasteiger partial charge in [0.05, 0.1) is 6.61 Å². The third kappa shape index (κ3) is 2.06. The SMILES string of the molecule is CCn1nc(-c2ccccc2)c2c(C)c(CO)[nH]c2c1=O. The van der Waals surface area contributed by atoms with Gasteiger partial charge in [-0.05, 0) is 19.4 Å². The summed E-state index contributed by atoms with van der Waals surface area (Å²) in [6.45, 7) is 4.16. The van der Waals surface area contributed by atoms with Gasteiger partial charge in [-0.1, -0.05) is 30.3 Å². The normalized spacial score (nSPS) is 11.2. The van der Waals surface area contributed by atoms with E-state index in [-0.39, 0.29) is 12.2 Å². The van der Waals surface area contributed by atoms with Gasteiger partial charge in [0.15, 0.2) is 0 Å². The van der Waals surface area contributed by atoms with E-state index in [1.807, 2.05) is 44.2 Å². The van der Waals surface area contributed by atoms with Gasteiger partial charge in [-0.2, -0.15) is 5.10 Å². The molecule has 0 saturated heterocycles. The zero-order valence-corrected chi connectivity index (χ0v) is 12.1. The lowest BCUT2D eigenvalue weighted by molar-refractivity contribution is 0.277. The van der Waals surface area contributed by atoms with Crippen molar-refractivity contribution < 1.29 is 5.11 Å². The average Bonchev–Trinajstić information content (AvgIpc) is 2.86. The van der Waals surface area contributed by atoms with E-state index in [2.05, 4.69) is 10.1 Å². The number of fused-ring (bicyclic) bond motifs is 1. The summed E-state index contributed by atoms with van der Waals surface area (Å²) < 4.78 is 1.45. The van der Waals surface area contributed by atoms with Crippen LogP contribution in [-0.4, -0.2) is 19.9 Å². The molecule has 0 aliphatic rings. The molecule has 5 nitrogen and oxygen atoms in total. The summed E-state index contributed by atoms with van der Waals surface area (Å²) in [5, 5.41) is 14.7. The molecule has 5 heteroatoms. The number of nitrogens with one attached hydrogen (secondary N) is 1. The van der Waals surface area contributed by atoms with E-state index in [0.29, 0.717) is 17.8 Å². The summed E-state index contributed by atoms with van der Waals surface area (Å²) in [5.41, 5.74) is 3.60. The minimum Gasteiger partial charge on any atom is -0.390 e. The molecular weight excluding hydrogens is 266 g/mol. The van der Waals surface area contributed by atoms with E-state index in [9.17, 15) is 9.90 Å². The van der Waals surface area contributed by atoms with Crippen molar-refractivity contribution in [2.45, 2.75) is 27.0 Å². The second-order valence-electron chi connectivity index (χ2n) is 4.97. The standard InChI is InChI=1S/C16H17N3O2/c1-3-19-16(21)15-13(10(2)12(9-20)17-15)14(18-19)11-7-5-4-6-8-11/h4-8,17,20H,3,9H2,1-2H3. The minimum atomic E-state index is -0.157. The highest BCUT2D eigenvalue weighted by atomic mass is 16.3. The number of benzene rings is 1. The Bertz CT molecular complexity index is 847. The van der Waals surface area contributed by atoms with Crippen LogP contribution in [0.5, 0.6) is 0 Å². The number of aliphatic hydroxyl groups excluding tert-OH is 1. The lowest BCUT2D eigenvalue weighted by Gasteiger charge is -2.08. The smallest absolute Gasteiger partial charge is 0.291 e. The molecule has 3 aromatic rings. The van der Waals surface area contributed by atoms with Crippen molar-refractivity contribution in [3.8, 4) is 11.3 Å². The zero-order chi connectivity index (χ0) is 15.0. The molecule has 2 heterocycles. The van der Waals surface area contributed by atoms with Gasteiger partial charge in [0.1, 0.15) is 11.2 Å². The molecule has 2 N–H and O–H groups in total. The second kappa shape index (κ2) is 5.18. The van der Waals surface area contributed by atoms with Crippen molar-refractivity contribution >= 4 is 10.9 Å². The first-order chi connectivity index (χ1) is 10.2. The zero-order valence-electron chi connectivity index (χ0n) is 12.1. The van der Waals surface area contributed by atoms with Crippen LogP contribution in [0.1, 0.15) is 18.2 Å². The molecule has 2 aromatic heterocycles. The molecule has 0 saturated carbocycles. The van der Waals surface area contributed by atoms with Crippen LogP contribution in [0, 0.1) is 6.92 Å². The highest BCUT2D eigenvalue weighted by Gasteiger charge is 2.18. The molecule has 1 aromatic carbocycles. The third-order valence-corrected chi connectivity index (χ3v) is 3.76. The summed E-state index contributed by atoms with van der Waals surface area (Å²) in [4.78, 5) is 15.5. The van der Waals surface area contributed by atoms with E-state index in [1.165, 1.54) is 4.68 Å². The van der Waals surface area contributed by atoms with Crippen molar-refractivity contribution in [1.82, 2.24) is 14.8 Å². The highest BCUT2D eigenvalue weighted by molar-refractivity contribution is 5.95. The molecule has 0 aliphatic heterocycles. The fourth-order valence-electron chi connectivity index (χ4n) is 2.62. The average molecular weight is 283 g/mol. The molecule has 0 spiro atoms. The summed E-state index contributed by atoms with van der Waals surface area (Å²) >= 11 is 0. The Labute approximate surface area is 121 Å². The molecule has 0 atom stereocenters. The van der Waals surface area contributed by atoms with Crippen molar-refractivity contribution in [2.24, 2.45) is 0 Å². The fraction of sp³-hybridized carbons (Fsp3) is 0.250. The summed E-state index contributed by atoms with van der Waals surface area (Å²) in [7, 11) is 0. The third-order valence-electron chi connectivity index (χ3n) is 3.76. The van der Waals surface area contributed by atoms with Crippen molar-refractivity contribution in [2.75, 3.05) is 0 Å². The number of rotatable bonds is 3. The topological polar surface area (TPSA) is 70.9 Å². The maximum Gasteiger partial charge on any atom is 0.291 e.